The molecule has 2 rings (SSSR count). The van der Waals surface area contributed by atoms with Gasteiger partial charge in [0, 0.05) is 25.4 Å². The highest BCUT2D eigenvalue weighted by atomic mass is 19.4. The van der Waals surface area contributed by atoms with E-state index in [0.29, 0.717) is 12.1 Å². The summed E-state index contributed by atoms with van der Waals surface area (Å²) < 4.78 is 39.4. The molecule has 1 atom stereocenters. The number of rotatable bonds is 4. The van der Waals surface area contributed by atoms with Crippen LogP contribution < -0.4 is 5.32 Å². The van der Waals surface area contributed by atoms with Crippen molar-refractivity contribution in [1.29, 1.82) is 0 Å². The number of hydrogen-bond donors (Lipinski definition) is 1. The van der Waals surface area contributed by atoms with Crippen LogP contribution in [0.25, 0.3) is 0 Å². The van der Waals surface area contributed by atoms with E-state index < -0.39 is 11.7 Å². The van der Waals surface area contributed by atoms with Crippen molar-refractivity contribution in [1.82, 2.24) is 20.1 Å². The Morgan fingerprint density at radius 3 is 2.48 bits per heavy atom. The van der Waals surface area contributed by atoms with Crippen LogP contribution in [-0.2, 0) is 19.6 Å². The van der Waals surface area contributed by atoms with Gasteiger partial charge in [-0.15, -0.1) is 0 Å². The molecule has 0 aliphatic carbocycles. The zero-order chi connectivity index (χ0) is 15.6. The Labute approximate surface area is 121 Å². The molecular formula is C14H17F3N4. The molecule has 7 heteroatoms. The van der Waals surface area contributed by atoms with Crippen LogP contribution in [0, 0.1) is 6.92 Å². The Bertz CT molecular complexity index is 602. The maximum atomic E-state index is 12.5. The summed E-state index contributed by atoms with van der Waals surface area (Å²) in [4.78, 5) is 3.94. The Kier molecular flexibility index (Phi) is 4.32. The van der Waals surface area contributed by atoms with Crippen LogP contribution >= 0.6 is 0 Å². The van der Waals surface area contributed by atoms with Crippen molar-refractivity contribution in [2.75, 3.05) is 7.05 Å². The summed E-state index contributed by atoms with van der Waals surface area (Å²) in [6, 6.07) is 4.25. The average Bonchev–Trinajstić information content (AvgIpc) is 2.73. The molecule has 2 aromatic rings. The molecular weight excluding hydrogens is 281 g/mol. The predicted molar refractivity (Wildman–Crippen MR) is 72.7 cm³/mol. The highest BCUT2D eigenvalue weighted by Crippen LogP contribution is 2.29. The molecule has 4 nitrogen and oxygen atoms in total. The topological polar surface area (TPSA) is 42.7 Å². The van der Waals surface area contributed by atoms with E-state index in [1.165, 1.54) is 6.07 Å². The normalized spacial score (nSPS) is 13.4. The number of aromatic nitrogens is 3. The first-order valence-corrected chi connectivity index (χ1v) is 6.51. The fraction of sp³-hybridized carbons (Fsp3) is 0.429. The zero-order valence-corrected chi connectivity index (χ0v) is 12.1. The molecule has 114 valence electrons. The van der Waals surface area contributed by atoms with Crippen molar-refractivity contribution >= 4 is 0 Å². The van der Waals surface area contributed by atoms with Crippen LogP contribution in [0.15, 0.2) is 24.4 Å². The fourth-order valence-corrected chi connectivity index (χ4v) is 2.20. The number of likely N-dealkylation sites (N-methyl/N-ethyl adjacent to an activating group) is 1. The molecule has 0 amide bonds. The van der Waals surface area contributed by atoms with E-state index in [4.69, 9.17) is 0 Å². The van der Waals surface area contributed by atoms with Crippen molar-refractivity contribution in [3.05, 3.63) is 47.0 Å². The summed E-state index contributed by atoms with van der Waals surface area (Å²) in [6.45, 7) is 1.90. The molecule has 2 heterocycles. The number of nitrogens with zero attached hydrogens (tertiary/aromatic N) is 3. The predicted octanol–water partition coefficient (Wildman–Crippen LogP) is 2.65. The van der Waals surface area contributed by atoms with Gasteiger partial charge in [-0.3, -0.25) is 9.67 Å². The average molecular weight is 298 g/mol. The van der Waals surface area contributed by atoms with Gasteiger partial charge in [-0.25, -0.2) is 0 Å². The smallest absolute Gasteiger partial charge is 0.311 e. The van der Waals surface area contributed by atoms with Gasteiger partial charge in [-0.05, 0) is 32.2 Å². The summed E-state index contributed by atoms with van der Waals surface area (Å²) in [7, 11) is 3.60. The molecule has 0 saturated heterocycles. The largest absolute Gasteiger partial charge is 0.417 e. The monoisotopic (exact) mass is 298 g/mol. The second-order valence-electron chi connectivity index (χ2n) is 4.92. The van der Waals surface area contributed by atoms with E-state index in [1.54, 1.807) is 11.7 Å². The first-order valence-electron chi connectivity index (χ1n) is 6.51. The van der Waals surface area contributed by atoms with Crippen molar-refractivity contribution in [3.8, 4) is 0 Å². The van der Waals surface area contributed by atoms with Gasteiger partial charge in [0.15, 0.2) is 0 Å². The number of halogens is 3. The summed E-state index contributed by atoms with van der Waals surface area (Å²) >= 11 is 0. The summed E-state index contributed by atoms with van der Waals surface area (Å²) in [5, 5.41) is 7.33. The lowest BCUT2D eigenvalue weighted by molar-refractivity contribution is -0.137. The Morgan fingerprint density at radius 1 is 1.33 bits per heavy atom. The van der Waals surface area contributed by atoms with Crippen LogP contribution in [-0.4, -0.2) is 21.8 Å². The Balaban J connectivity index is 2.20. The van der Waals surface area contributed by atoms with Gasteiger partial charge in [0.25, 0.3) is 0 Å². The Morgan fingerprint density at radius 2 is 2.05 bits per heavy atom. The SMILES string of the molecule is CNC(Cc1cc(C)nn1C)c1ccc(C(F)(F)F)cn1. The minimum Gasteiger partial charge on any atom is -0.311 e. The fourth-order valence-electron chi connectivity index (χ4n) is 2.20. The Hall–Kier alpha value is -1.89. The lowest BCUT2D eigenvalue weighted by atomic mass is 10.1. The van der Waals surface area contributed by atoms with Gasteiger partial charge in [0.1, 0.15) is 0 Å². The lowest BCUT2D eigenvalue weighted by Crippen LogP contribution is -2.21. The minimum absolute atomic E-state index is 0.165. The third-order valence-electron chi connectivity index (χ3n) is 3.33. The molecule has 0 radical (unpaired) electrons. The maximum Gasteiger partial charge on any atom is 0.417 e. The van der Waals surface area contributed by atoms with Crippen molar-refractivity contribution < 1.29 is 13.2 Å². The molecule has 1 unspecified atom stereocenters. The van der Waals surface area contributed by atoms with E-state index in [0.717, 1.165) is 23.7 Å². The maximum absolute atomic E-state index is 12.5. The minimum atomic E-state index is -4.36. The summed E-state index contributed by atoms with van der Waals surface area (Å²) in [6.07, 6.45) is -2.89. The quantitative estimate of drug-likeness (QED) is 0.943. The number of hydrogen-bond acceptors (Lipinski definition) is 3. The molecule has 0 saturated carbocycles. The lowest BCUT2D eigenvalue weighted by Gasteiger charge is -2.16. The second-order valence-corrected chi connectivity index (χ2v) is 4.92. The standard InChI is InChI=1S/C14H17F3N4/c1-9-6-11(21(3)20-9)7-13(18-2)12-5-4-10(8-19-12)14(15,16)17/h4-6,8,13,18H,7H2,1-3H3. The molecule has 1 N–H and O–H groups in total. The van der Waals surface area contributed by atoms with Gasteiger partial charge >= 0.3 is 6.18 Å². The van der Waals surface area contributed by atoms with E-state index in [-0.39, 0.29) is 6.04 Å². The molecule has 21 heavy (non-hydrogen) atoms. The van der Waals surface area contributed by atoms with E-state index in [2.05, 4.69) is 15.4 Å². The van der Waals surface area contributed by atoms with E-state index in [9.17, 15) is 13.2 Å². The number of aryl methyl sites for hydroxylation is 2. The molecule has 2 aromatic heterocycles. The van der Waals surface area contributed by atoms with Crippen LogP contribution in [0.3, 0.4) is 0 Å². The van der Waals surface area contributed by atoms with Gasteiger partial charge in [-0.1, -0.05) is 0 Å². The van der Waals surface area contributed by atoms with Crippen LogP contribution in [0.5, 0.6) is 0 Å². The molecule has 0 aliphatic rings. The van der Waals surface area contributed by atoms with E-state index >= 15 is 0 Å². The number of pyridine rings is 1. The van der Waals surface area contributed by atoms with Crippen molar-refractivity contribution in [2.45, 2.75) is 25.6 Å². The number of nitrogens with one attached hydrogen (secondary N) is 1. The molecule has 0 aliphatic heterocycles. The molecule has 0 bridgehead atoms. The highest BCUT2D eigenvalue weighted by Gasteiger charge is 2.31. The second kappa shape index (κ2) is 5.85. The molecule has 0 fully saturated rings. The first-order chi connectivity index (χ1) is 9.81. The zero-order valence-electron chi connectivity index (χ0n) is 12.1. The van der Waals surface area contributed by atoms with E-state index in [1.807, 2.05) is 20.0 Å². The van der Waals surface area contributed by atoms with Gasteiger partial charge in [-0.2, -0.15) is 18.3 Å². The molecule has 0 spiro atoms. The summed E-state index contributed by atoms with van der Waals surface area (Å²) in [5.74, 6) is 0. The highest BCUT2D eigenvalue weighted by molar-refractivity contribution is 5.21. The third kappa shape index (κ3) is 3.60. The molecule has 0 aromatic carbocycles. The van der Waals surface area contributed by atoms with Gasteiger partial charge in [0.2, 0.25) is 0 Å². The third-order valence-corrected chi connectivity index (χ3v) is 3.33. The van der Waals surface area contributed by atoms with Crippen molar-refractivity contribution in [2.24, 2.45) is 7.05 Å². The van der Waals surface area contributed by atoms with Gasteiger partial charge < -0.3 is 5.32 Å². The van der Waals surface area contributed by atoms with Crippen LogP contribution in [0.2, 0.25) is 0 Å². The van der Waals surface area contributed by atoms with Crippen molar-refractivity contribution in [3.63, 3.8) is 0 Å². The summed E-state index contributed by atoms with van der Waals surface area (Å²) in [5.41, 5.74) is 1.73. The number of alkyl halides is 3. The first kappa shape index (κ1) is 15.5. The van der Waals surface area contributed by atoms with Gasteiger partial charge in [0.05, 0.1) is 23.0 Å². The van der Waals surface area contributed by atoms with Crippen LogP contribution in [0.1, 0.15) is 28.7 Å². The van der Waals surface area contributed by atoms with Crippen LogP contribution in [0.4, 0.5) is 13.2 Å².